The lowest BCUT2D eigenvalue weighted by molar-refractivity contribution is -0.0643. The summed E-state index contributed by atoms with van der Waals surface area (Å²) in [7, 11) is 0. The number of fused-ring (bicyclic) bond motifs is 1. The van der Waals surface area contributed by atoms with E-state index < -0.39 is 30.5 Å². The van der Waals surface area contributed by atoms with Crippen molar-refractivity contribution in [1.82, 2.24) is 9.97 Å². The highest BCUT2D eigenvalue weighted by Gasteiger charge is 2.53. The van der Waals surface area contributed by atoms with E-state index in [9.17, 15) is 15.3 Å². The number of rotatable bonds is 2. The molecule has 3 heterocycles. The summed E-state index contributed by atoms with van der Waals surface area (Å²) in [5.74, 6) is 0.179. The molecule has 8 heteroatoms. The van der Waals surface area contributed by atoms with Gasteiger partial charge in [0.25, 0.3) is 0 Å². The molecule has 2 aromatic rings. The second-order valence-electron chi connectivity index (χ2n) is 5.04. The van der Waals surface area contributed by atoms with E-state index in [1.165, 1.54) is 19.5 Å². The molecule has 1 saturated heterocycles. The van der Waals surface area contributed by atoms with Crippen LogP contribution in [0.15, 0.2) is 17.0 Å². The second kappa shape index (κ2) is 4.38. The molecule has 2 unspecified atom stereocenters. The van der Waals surface area contributed by atoms with E-state index >= 15 is 0 Å². The van der Waals surface area contributed by atoms with Crippen LogP contribution in [0.4, 0.5) is 5.82 Å². The van der Waals surface area contributed by atoms with Crippen LogP contribution in [0.5, 0.6) is 0 Å². The van der Waals surface area contributed by atoms with Crippen molar-refractivity contribution in [3.63, 3.8) is 0 Å². The Labute approximate surface area is 113 Å². The quantitative estimate of drug-likeness (QED) is 0.570. The summed E-state index contributed by atoms with van der Waals surface area (Å²) in [4.78, 5) is 7.88. The Morgan fingerprint density at radius 2 is 2.20 bits per heavy atom. The van der Waals surface area contributed by atoms with Gasteiger partial charge in [0, 0.05) is 5.56 Å². The van der Waals surface area contributed by atoms with Gasteiger partial charge in [-0.25, -0.2) is 9.97 Å². The molecule has 108 valence electrons. The fourth-order valence-corrected chi connectivity index (χ4v) is 2.52. The Morgan fingerprint density at radius 1 is 1.45 bits per heavy atom. The van der Waals surface area contributed by atoms with E-state index in [2.05, 4.69) is 9.97 Å². The number of anilines is 1. The summed E-state index contributed by atoms with van der Waals surface area (Å²) in [6.07, 6.45) is -0.340. The summed E-state index contributed by atoms with van der Waals surface area (Å²) in [5, 5.41) is 29.6. The summed E-state index contributed by atoms with van der Waals surface area (Å²) >= 11 is 0. The number of aromatic nitrogens is 2. The third-order valence-electron chi connectivity index (χ3n) is 3.66. The molecule has 3 rings (SSSR count). The molecule has 0 bridgehead atoms. The van der Waals surface area contributed by atoms with Crippen molar-refractivity contribution in [2.24, 2.45) is 0 Å². The van der Waals surface area contributed by atoms with E-state index in [0.29, 0.717) is 16.7 Å². The number of furan rings is 1. The van der Waals surface area contributed by atoms with Crippen LogP contribution >= 0.6 is 0 Å². The first-order valence-electron chi connectivity index (χ1n) is 6.11. The predicted octanol–water partition coefficient (Wildman–Crippen LogP) is -0.651. The SMILES string of the molecule is C[C@]1(O)C(c2coc3c(N)ncnc23)OC(CO)[C@H]1O. The maximum atomic E-state index is 10.4. The van der Waals surface area contributed by atoms with Crippen LogP contribution in [0, 0.1) is 0 Å². The highest BCUT2D eigenvalue weighted by Crippen LogP contribution is 2.44. The Kier molecular flexibility index (Phi) is 2.91. The number of nitrogen functional groups attached to an aromatic ring is 1. The van der Waals surface area contributed by atoms with Crippen molar-refractivity contribution in [3.8, 4) is 0 Å². The minimum absolute atomic E-state index is 0.179. The summed E-state index contributed by atoms with van der Waals surface area (Å²) in [6, 6.07) is 0. The summed E-state index contributed by atoms with van der Waals surface area (Å²) in [6.45, 7) is 1.03. The van der Waals surface area contributed by atoms with E-state index in [-0.39, 0.29) is 5.82 Å². The predicted molar refractivity (Wildman–Crippen MR) is 67.5 cm³/mol. The van der Waals surface area contributed by atoms with E-state index in [0.717, 1.165) is 0 Å². The second-order valence-corrected chi connectivity index (χ2v) is 5.04. The lowest BCUT2D eigenvalue weighted by atomic mass is 9.89. The highest BCUT2D eigenvalue weighted by molar-refractivity contribution is 5.85. The number of hydrogen-bond acceptors (Lipinski definition) is 8. The molecule has 8 nitrogen and oxygen atoms in total. The zero-order valence-electron chi connectivity index (χ0n) is 10.7. The van der Waals surface area contributed by atoms with Gasteiger partial charge in [0.2, 0.25) is 0 Å². The van der Waals surface area contributed by atoms with Gasteiger partial charge in [0.15, 0.2) is 11.4 Å². The van der Waals surface area contributed by atoms with Gasteiger partial charge in [-0.1, -0.05) is 0 Å². The minimum Gasteiger partial charge on any atom is -0.458 e. The summed E-state index contributed by atoms with van der Waals surface area (Å²) < 4.78 is 10.8. The van der Waals surface area contributed by atoms with Crippen LogP contribution in [-0.4, -0.2) is 49.7 Å². The Bertz CT molecular complexity index is 641. The minimum atomic E-state index is -1.58. The third-order valence-corrected chi connectivity index (χ3v) is 3.66. The molecule has 20 heavy (non-hydrogen) atoms. The number of aliphatic hydroxyl groups is 3. The molecule has 0 radical (unpaired) electrons. The van der Waals surface area contributed by atoms with Crippen molar-refractivity contribution < 1.29 is 24.5 Å². The number of aliphatic hydroxyl groups excluding tert-OH is 2. The summed E-state index contributed by atoms with van der Waals surface area (Å²) in [5.41, 5.74) is 5.26. The standard InChI is InChI=1S/C12H15N3O5/c1-12(18)9(17)6(2-16)20-10(12)5-3-19-8-7(5)14-4-15-11(8)13/h3-4,6,9-10,16-18H,2H2,1H3,(H2,13,14,15)/t6?,9-,10?,12-/m1/s1. The van der Waals surface area contributed by atoms with Crippen LogP contribution in [-0.2, 0) is 4.74 Å². The fraction of sp³-hybridized carbons (Fsp3) is 0.500. The largest absolute Gasteiger partial charge is 0.458 e. The number of nitrogens with two attached hydrogens (primary N) is 1. The first-order valence-corrected chi connectivity index (χ1v) is 6.11. The monoisotopic (exact) mass is 281 g/mol. The molecule has 1 aliphatic heterocycles. The molecule has 0 spiro atoms. The van der Waals surface area contributed by atoms with Gasteiger partial charge in [-0.05, 0) is 6.92 Å². The van der Waals surface area contributed by atoms with Crippen molar-refractivity contribution in [1.29, 1.82) is 0 Å². The Morgan fingerprint density at radius 3 is 2.85 bits per heavy atom. The van der Waals surface area contributed by atoms with Crippen LogP contribution in [0.25, 0.3) is 11.1 Å². The lowest BCUT2D eigenvalue weighted by Gasteiger charge is -2.25. The van der Waals surface area contributed by atoms with Gasteiger partial charge in [0.05, 0.1) is 12.9 Å². The van der Waals surface area contributed by atoms with Gasteiger partial charge in [-0.2, -0.15) is 0 Å². The van der Waals surface area contributed by atoms with E-state index in [1.54, 1.807) is 0 Å². The van der Waals surface area contributed by atoms with Crippen molar-refractivity contribution in [2.45, 2.75) is 30.8 Å². The molecule has 0 aromatic carbocycles. The molecule has 5 N–H and O–H groups in total. The molecular formula is C12H15N3O5. The zero-order chi connectivity index (χ0) is 14.5. The first-order chi connectivity index (χ1) is 9.46. The van der Waals surface area contributed by atoms with E-state index in [4.69, 9.17) is 14.9 Å². The molecular weight excluding hydrogens is 266 g/mol. The molecule has 1 aliphatic rings. The van der Waals surface area contributed by atoms with Crippen molar-refractivity contribution in [2.75, 3.05) is 12.3 Å². The lowest BCUT2D eigenvalue weighted by Crippen LogP contribution is -2.42. The van der Waals surface area contributed by atoms with Crippen LogP contribution < -0.4 is 5.73 Å². The van der Waals surface area contributed by atoms with Gasteiger partial charge >= 0.3 is 0 Å². The van der Waals surface area contributed by atoms with Crippen LogP contribution in [0.1, 0.15) is 18.6 Å². The fourth-order valence-electron chi connectivity index (χ4n) is 2.52. The number of nitrogens with zero attached hydrogens (tertiary/aromatic N) is 2. The third kappa shape index (κ3) is 1.70. The van der Waals surface area contributed by atoms with E-state index in [1.807, 2.05) is 0 Å². The maximum absolute atomic E-state index is 10.4. The molecule has 4 atom stereocenters. The maximum Gasteiger partial charge on any atom is 0.194 e. The molecule has 0 saturated carbocycles. The first kappa shape index (κ1) is 13.3. The zero-order valence-corrected chi connectivity index (χ0v) is 10.7. The smallest absolute Gasteiger partial charge is 0.194 e. The average Bonchev–Trinajstić information content (AvgIpc) is 2.92. The average molecular weight is 281 g/mol. The van der Waals surface area contributed by atoms with Gasteiger partial charge < -0.3 is 30.2 Å². The van der Waals surface area contributed by atoms with Gasteiger partial charge in [-0.3, -0.25) is 0 Å². The highest BCUT2D eigenvalue weighted by atomic mass is 16.6. The topological polar surface area (TPSA) is 135 Å². The number of hydrogen-bond donors (Lipinski definition) is 4. The van der Waals surface area contributed by atoms with Gasteiger partial charge in [0.1, 0.15) is 35.8 Å². The number of ether oxygens (including phenoxy) is 1. The van der Waals surface area contributed by atoms with Crippen molar-refractivity contribution in [3.05, 3.63) is 18.2 Å². The molecule has 2 aromatic heterocycles. The molecule has 0 aliphatic carbocycles. The Balaban J connectivity index is 2.10. The normalized spacial score (nSPS) is 33.9. The van der Waals surface area contributed by atoms with Crippen LogP contribution in [0.3, 0.4) is 0 Å². The van der Waals surface area contributed by atoms with Crippen LogP contribution in [0.2, 0.25) is 0 Å². The van der Waals surface area contributed by atoms with Crippen molar-refractivity contribution >= 4 is 16.9 Å². The Hall–Kier alpha value is -1.74. The van der Waals surface area contributed by atoms with Gasteiger partial charge in [-0.15, -0.1) is 0 Å². The molecule has 1 fully saturated rings. The molecule has 0 amide bonds.